The first kappa shape index (κ1) is 15.4. The molecule has 1 heterocycles. The highest BCUT2D eigenvalue weighted by molar-refractivity contribution is 5.79. The van der Waals surface area contributed by atoms with E-state index in [0.717, 1.165) is 25.9 Å². The maximum Gasteiger partial charge on any atom is 0.224 e. The third-order valence-electron chi connectivity index (χ3n) is 5.25. The van der Waals surface area contributed by atoms with Crippen LogP contribution in [0.1, 0.15) is 29.5 Å². The highest BCUT2D eigenvalue weighted by Crippen LogP contribution is 2.23. The fraction of sp³-hybridized carbons (Fsp3) is 0.381. The van der Waals surface area contributed by atoms with E-state index in [2.05, 4.69) is 41.7 Å². The Morgan fingerprint density at radius 3 is 2.50 bits per heavy atom. The monoisotopic (exact) mass is 320 g/mol. The van der Waals surface area contributed by atoms with E-state index in [-0.39, 0.29) is 11.9 Å². The summed E-state index contributed by atoms with van der Waals surface area (Å²) in [6.07, 6.45) is 4.02. The topological polar surface area (TPSA) is 32.3 Å². The van der Waals surface area contributed by atoms with E-state index in [1.54, 1.807) is 0 Å². The van der Waals surface area contributed by atoms with Gasteiger partial charge in [0.15, 0.2) is 0 Å². The van der Waals surface area contributed by atoms with Crippen molar-refractivity contribution in [3.8, 4) is 0 Å². The second kappa shape index (κ2) is 6.78. The van der Waals surface area contributed by atoms with Gasteiger partial charge in [-0.3, -0.25) is 4.79 Å². The summed E-state index contributed by atoms with van der Waals surface area (Å²) < 4.78 is 0. The molecular formula is C21H24N2O. The first-order valence-corrected chi connectivity index (χ1v) is 8.92. The number of fused-ring (bicyclic) bond motifs is 1. The van der Waals surface area contributed by atoms with E-state index in [0.29, 0.717) is 12.5 Å². The molecule has 4 rings (SSSR count). The Morgan fingerprint density at radius 2 is 1.67 bits per heavy atom. The van der Waals surface area contributed by atoms with Crippen LogP contribution in [0.5, 0.6) is 0 Å². The molecule has 3 nitrogen and oxygen atoms in total. The van der Waals surface area contributed by atoms with Crippen molar-refractivity contribution >= 4 is 5.91 Å². The lowest BCUT2D eigenvalue weighted by atomic mass is 9.88. The standard InChI is InChI=1S/C21H24N2O/c24-21-13-20(15-23(21)14-16-6-2-1-3-7-16)22-19-11-10-17-8-4-5-9-18(17)12-19/h1-9,19-20,22H,10-15H2. The molecule has 1 aliphatic carbocycles. The van der Waals surface area contributed by atoms with Gasteiger partial charge in [0.05, 0.1) is 0 Å². The van der Waals surface area contributed by atoms with Gasteiger partial charge in [-0.15, -0.1) is 0 Å². The maximum absolute atomic E-state index is 12.3. The Kier molecular flexibility index (Phi) is 4.35. The van der Waals surface area contributed by atoms with Gasteiger partial charge in [0.1, 0.15) is 0 Å². The summed E-state index contributed by atoms with van der Waals surface area (Å²) in [5.41, 5.74) is 4.16. The Balaban J connectivity index is 1.34. The van der Waals surface area contributed by atoms with E-state index < -0.39 is 0 Å². The second-order valence-corrected chi connectivity index (χ2v) is 7.04. The summed E-state index contributed by atoms with van der Waals surface area (Å²) in [6.45, 7) is 1.55. The van der Waals surface area contributed by atoms with Gasteiger partial charge in [-0.05, 0) is 36.0 Å². The molecule has 2 aromatic rings. The zero-order valence-corrected chi connectivity index (χ0v) is 13.9. The predicted octanol–water partition coefficient (Wildman–Crippen LogP) is 2.93. The molecule has 2 unspecified atom stereocenters. The smallest absolute Gasteiger partial charge is 0.224 e. The molecular weight excluding hydrogens is 296 g/mol. The molecule has 1 fully saturated rings. The molecule has 2 atom stereocenters. The molecule has 0 radical (unpaired) electrons. The average Bonchev–Trinajstić information content (AvgIpc) is 2.95. The number of hydrogen-bond acceptors (Lipinski definition) is 2. The van der Waals surface area contributed by atoms with Gasteiger partial charge in [-0.1, -0.05) is 54.6 Å². The molecule has 3 heteroatoms. The molecule has 124 valence electrons. The summed E-state index contributed by atoms with van der Waals surface area (Å²) in [6, 6.07) is 19.8. The minimum atomic E-state index is 0.271. The molecule has 2 aliphatic rings. The van der Waals surface area contributed by atoms with Crippen LogP contribution in [0.4, 0.5) is 0 Å². The van der Waals surface area contributed by atoms with Crippen molar-refractivity contribution in [2.75, 3.05) is 6.54 Å². The van der Waals surface area contributed by atoms with Crippen LogP contribution in [0.15, 0.2) is 54.6 Å². The zero-order valence-electron chi connectivity index (χ0n) is 13.9. The Bertz CT molecular complexity index is 713. The molecule has 2 aromatic carbocycles. The SMILES string of the molecule is O=C1CC(NC2CCc3ccccc3C2)CN1Cc1ccccc1. The van der Waals surface area contributed by atoms with Crippen LogP contribution in [0.2, 0.25) is 0 Å². The summed E-state index contributed by atoms with van der Waals surface area (Å²) in [5.74, 6) is 0.271. The van der Waals surface area contributed by atoms with Crippen LogP contribution in [-0.4, -0.2) is 29.4 Å². The van der Waals surface area contributed by atoms with E-state index in [1.807, 2.05) is 23.1 Å². The van der Waals surface area contributed by atoms with Crippen molar-refractivity contribution in [3.05, 3.63) is 71.3 Å². The van der Waals surface area contributed by atoms with Gasteiger partial charge in [0, 0.05) is 31.6 Å². The van der Waals surface area contributed by atoms with Crippen LogP contribution < -0.4 is 5.32 Å². The van der Waals surface area contributed by atoms with Gasteiger partial charge in [0.25, 0.3) is 0 Å². The van der Waals surface area contributed by atoms with E-state index in [1.165, 1.54) is 23.1 Å². The van der Waals surface area contributed by atoms with Crippen molar-refractivity contribution in [2.24, 2.45) is 0 Å². The Labute approximate surface area is 143 Å². The van der Waals surface area contributed by atoms with Crippen LogP contribution in [0, 0.1) is 0 Å². The van der Waals surface area contributed by atoms with Crippen molar-refractivity contribution in [1.82, 2.24) is 10.2 Å². The molecule has 0 aromatic heterocycles. The molecule has 24 heavy (non-hydrogen) atoms. The molecule has 1 N–H and O–H groups in total. The number of aryl methyl sites for hydroxylation is 1. The van der Waals surface area contributed by atoms with Crippen LogP contribution in [0.3, 0.4) is 0 Å². The minimum absolute atomic E-state index is 0.271. The third kappa shape index (κ3) is 3.36. The van der Waals surface area contributed by atoms with Crippen LogP contribution in [-0.2, 0) is 24.2 Å². The van der Waals surface area contributed by atoms with Gasteiger partial charge in [-0.25, -0.2) is 0 Å². The van der Waals surface area contributed by atoms with E-state index in [4.69, 9.17) is 0 Å². The number of rotatable bonds is 4. The summed E-state index contributed by atoms with van der Waals surface area (Å²) >= 11 is 0. The molecule has 0 bridgehead atoms. The lowest BCUT2D eigenvalue weighted by molar-refractivity contribution is -0.128. The molecule has 0 saturated carbocycles. The first-order chi connectivity index (χ1) is 11.8. The summed E-state index contributed by atoms with van der Waals surface area (Å²) in [5, 5.41) is 3.74. The molecule has 1 aliphatic heterocycles. The van der Waals surface area contributed by atoms with Crippen molar-refractivity contribution in [3.63, 3.8) is 0 Å². The number of nitrogens with one attached hydrogen (secondary N) is 1. The number of amides is 1. The average molecular weight is 320 g/mol. The number of nitrogens with zero attached hydrogens (tertiary/aromatic N) is 1. The number of benzene rings is 2. The molecule has 1 amide bonds. The van der Waals surface area contributed by atoms with Crippen LogP contribution in [0.25, 0.3) is 0 Å². The number of carbonyl (C=O) groups is 1. The third-order valence-corrected chi connectivity index (χ3v) is 5.25. The number of likely N-dealkylation sites (tertiary alicyclic amines) is 1. The highest BCUT2D eigenvalue weighted by atomic mass is 16.2. The largest absolute Gasteiger partial charge is 0.337 e. The first-order valence-electron chi connectivity index (χ1n) is 8.92. The number of carbonyl (C=O) groups excluding carboxylic acids is 1. The molecule has 0 spiro atoms. The fourth-order valence-corrected chi connectivity index (χ4v) is 4.01. The van der Waals surface area contributed by atoms with Crippen molar-refractivity contribution < 1.29 is 4.79 Å². The summed E-state index contributed by atoms with van der Waals surface area (Å²) in [7, 11) is 0. The Morgan fingerprint density at radius 1 is 0.917 bits per heavy atom. The molecule has 1 saturated heterocycles. The van der Waals surface area contributed by atoms with Gasteiger partial charge < -0.3 is 10.2 Å². The lowest BCUT2D eigenvalue weighted by Crippen LogP contribution is -2.42. The number of hydrogen-bond donors (Lipinski definition) is 1. The maximum atomic E-state index is 12.3. The normalized spacial score (nSPS) is 23.3. The Hall–Kier alpha value is -2.13. The minimum Gasteiger partial charge on any atom is -0.337 e. The van der Waals surface area contributed by atoms with Crippen LogP contribution >= 0.6 is 0 Å². The second-order valence-electron chi connectivity index (χ2n) is 7.04. The zero-order chi connectivity index (χ0) is 16.4. The lowest BCUT2D eigenvalue weighted by Gasteiger charge is -2.28. The van der Waals surface area contributed by atoms with Gasteiger partial charge >= 0.3 is 0 Å². The highest BCUT2D eigenvalue weighted by Gasteiger charge is 2.31. The van der Waals surface area contributed by atoms with Crippen molar-refractivity contribution in [1.29, 1.82) is 0 Å². The quantitative estimate of drug-likeness (QED) is 0.939. The summed E-state index contributed by atoms with van der Waals surface area (Å²) in [4.78, 5) is 14.3. The van der Waals surface area contributed by atoms with E-state index >= 15 is 0 Å². The fourth-order valence-electron chi connectivity index (χ4n) is 4.01. The van der Waals surface area contributed by atoms with Gasteiger partial charge in [0.2, 0.25) is 5.91 Å². The van der Waals surface area contributed by atoms with Crippen molar-refractivity contribution in [2.45, 2.75) is 44.3 Å². The predicted molar refractivity (Wildman–Crippen MR) is 95.7 cm³/mol. The van der Waals surface area contributed by atoms with E-state index in [9.17, 15) is 4.79 Å². The van der Waals surface area contributed by atoms with Gasteiger partial charge in [-0.2, -0.15) is 0 Å².